The summed E-state index contributed by atoms with van der Waals surface area (Å²) in [5.74, 6) is -8.24. The zero-order chi connectivity index (χ0) is 50.8. The van der Waals surface area contributed by atoms with Gasteiger partial charge in [0.2, 0.25) is 0 Å². The molecule has 0 saturated carbocycles. The molecule has 0 fully saturated rings. The molecule has 1 unspecified atom stereocenters. The van der Waals surface area contributed by atoms with E-state index in [-0.39, 0.29) is 39.0 Å². The summed E-state index contributed by atoms with van der Waals surface area (Å²) in [4.78, 5) is 87.7. The van der Waals surface area contributed by atoms with Crippen LogP contribution in [0.2, 0.25) is 0 Å². The minimum Gasteiger partial charge on any atom is -0.861 e. The fourth-order valence-electron chi connectivity index (χ4n) is 7.29. The maximum atomic E-state index is 13.0. The molecule has 20 nitrogen and oxygen atoms in total. The number of unbranched alkanes of at least 4 members (excludes halogenated alkanes) is 20. The number of nitrogens with zero attached hydrogens (tertiary/aromatic N) is 4. The van der Waals surface area contributed by atoms with Gasteiger partial charge >= 0.3 is 19.5 Å². The molecule has 2 atom stereocenters. The Bertz CT molecular complexity index is 1460. The molecule has 0 rings (SSSR count). The van der Waals surface area contributed by atoms with Crippen LogP contribution in [-0.4, -0.2) is 152 Å². The Balaban J connectivity index is 5.28. The minimum absolute atomic E-state index is 0.107. The number of carboxylic acid groups (broad SMARTS) is 4. The fraction of sp³-hybridized carbons (Fsp3) is 0.851. The topological polar surface area (TPSA) is 305 Å². The molecule has 0 heterocycles. The van der Waals surface area contributed by atoms with Crippen molar-refractivity contribution in [2.75, 3.05) is 84.8 Å². The summed E-state index contributed by atoms with van der Waals surface area (Å²) in [6.45, 7) is -1.66. The van der Waals surface area contributed by atoms with E-state index in [4.69, 9.17) is 14.0 Å². The van der Waals surface area contributed by atoms with E-state index < -0.39 is 114 Å². The zero-order valence-electron chi connectivity index (χ0n) is 41.0. The first-order valence-corrected chi connectivity index (χ1v) is 26.7. The second-order valence-electron chi connectivity index (χ2n) is 17.5. The van der Waals surface area contributed by atoms with Crippen molar-refractivity contribution in [1.82, 2.24) is 14.7 Å². The van der Waals surface area contributed by atoms with Crippen molar-refractivity contribution < 1.29 is 77.8 Å². The van der Waals surface area contributed by atoms with Crippen molar-refractivity contribution in [3.8, 4) is 0 Å². The zero-order valence-corrected chi connectivity index (χ0v) is 41.9. The number of carboxylic acids is 4. The van der Waals surface area contributed by atoms with E-state index in [1.807, 2.05) is 0 Å². The van der Waals surface area contributed by atoms with Gasteiger partial charge in [0.05, 0.1) is 36.6 Å². The van der Waals surface area contributed by atoms with E-state index in [0.717, 1.165) is 54.7 Å². The Morgan fingerprint density at radius 1 is 0.500 bits per heavy atom. The number of hydrogen-bond donors (Lipinski definition) is 1. The number of ether oxygens (including phenoxy) is 2. The van der Waals surface area contributed by atoms with Crippen LogP contribution < -0.4 is 25.5 Å². The second-order valence-corrected chi connectivity index (χ2v) is 19.5. The second kappa shape index (κ2) is 42.2. The molecule has 0 aromatic rings. The van der Waals surface area contributed by atoms with Gasteiger partial charge in [-0.3, -0.25) is 28.9 Å². The number of hydrogen-bond acceptors (Lipinski definition) is 19. The Labute approximate surface area is 404 Å². The normalized spacial score (nSPS) is 13.2. The number of carbonyl (C=O) groups excluding carboxylic acids is 6. The van der Waals surface area contributed by atoms with Crippen LogP contribution in [0, 0.1) is 0 Å². The van der Waals surface area contributed by atoms with Crippen molar-refractivity contribution in [2.45, 2.75) is 174 Å². The number of rotatable bonds is 49. The highest BCUT2D eigenvalue weighted by Crippen LogP contribution is 2.41. The van der Waals surface area contributed by atoms with Crippen LogP contribution in [0.15, 0.2) is 4.99 Å². The first kappa shape index (κ1) is 64.3. The third-order valence-electron chi connectivity index (χ3n) is 11.1. The highest BCUT2D eigenvalue weighted by atomic mass is 31.2. The van der Waals surface area contributed by atoms with E-state index in [9.17, 15) is 63.8 Å². The lowest BCUT2D eigenvalue weighted by atomic mass is 10.1. The standard InChI is InChI=1S/C47H87N4O16P/c1-3-5-7-9-11-13-15-17-19-21-23-25-46(61)65-38-40(67-47(62)26-24-22-20-18-16-14-12-10-8-6-4-2)39-66-68(63,64)32-27-48-41(52)33-50(35-43(55)56)30-28-49(34-42(53)54)29-31-51(36-44(57)58)37-45(59)60/h40H,3-39H2,1-2H3,(H,48,52)(H,53,54)(H,55,56)(H,57,58)(H,59,60)(H,63,64)/p-5/t40-/m1/s1. The molecular formula is C47H82N4O16P-5. The van der Waals surface area contributed by atoms with Crippen molar-refractivity contribution >= 4 is 49.3 Å². The van der Waals surface area contributed by atoms with Crippen LogP contribution in [0.4, 0.5) is 0 Å². The quantitative estimate of drug-likeness (QED) is 0.0288. The summed E-state index contributed by atoms with van der Waals surface area (Å²) in [7, 11) is -4.46. The van der Waals surface area contributed by atoms with Gasteiger partial charge < -0.3 is 68.6 Å². The van der Waals surface area contributed by atoms with Crippen molar-refractivity contribution in [3.63, 3.8) is 0 Å². The predicted octanol–water partition coefficient (Wildman–Crippen LogP) is 0.710. The van der Waals surface area contributed by atoms with Crippen molar-refractivity contribution in [2.24, 2.45) is 4.99 Å². The van der Waals surface area contributed by atoms with Gasteiger partial charge in [0.25, 0.3) is 0 Å². The number of aliphatic carboxylic acids is 4. The third kappa shape index (κ3) is 42.4. The highest BCUT2D eigenvalue weighted by molar-refractivity contribution is 7.52. The number of carbonyl (C=O) groups is 6. The lowest BCUT2D eigenvalue weighted by Gasteiger charge is -2.31. The summed E-state index contributed by atoms with van der Waals surface area (Å²) in [5, 5.41) is 57.5. The predicted molar refractivity (Wildman–Crippen MR) is 245 cm³/mol. The molecule has 68 heavy (non-hydrogen) atoms. The van der Waals surface area contributed by atoms with Gasteiger partial charge in [-0.15, -0.1) is 0 Å². The van der Waals surface area contributed by atoms with Gasteiger partial charge in [0.1, 0.15) is 6.61 Å². The summed E-state index contributed by atoms with van der Waals surface area (Å²) in [6.07, 6.45) is 22.8. The largest absolute Gasteiger partial charge is 0.861 e. The third-order valence-corrected chi connectivity index (χ3v) is 12.4. The lowest BCUT2D eigenvalue weighted by Crippen LogP contribution is -2.50. The minimum atomic E-state index is -4.46. The Morgan fingerprint density at radius 3 is 1.26 bits per heavy atom. The van der Waals surface area contributed by atoms with E-state index in [1.165, 1.54) is 88.4 Å². The summed E-state index contributed by atoms with van der Waals surface area (Å²) in [6, 6.07) is 0. The van der Waals surface area contributed by atoms with Crippen LogP contribution in [0.1, 0.15) is 168 Å². The van der Waals surface area contributed by atoms with Crippen molar-refractivity contribution in [3.05, 3.63) is 0 Å². The SMILES string of the molecule is CCCCCCCCCCCCCC(=O)OC[C@H](COP(=O)(O)CCN=C([O-])CN(CCN(CCN(CC(=O)[O-])CC(=O)[O-])CC(=O)[O-])CC(=O)[O-])OC(=O)CCCCCCCCCCCCC. The van der Waals surface area contributed by atoms with Crippen LogP contribution in [0.5, 0.6) is 0 Å². The molecule has 21 heteroatoms. The Morgan fingerprint density at radius 2 is 0.853 bits per heavy atom. The molecule has 0 aromatic heterocycles. The van der Waals surface area contributed by atoms with Crippen molar-refractivity contribution in [1.29, 1.82) is 0 Å². The average Bonchev–Trinajstić information content (AvgIpc) is 3.25. The maximum Gasteiger partial charge on any atom is 0.330 e. The lowest BCUT2D eigenvalue weighted by molar-refractivity contribution is -0.311. The highest BCUT2D eigenvalue weighted by Gasteiger charge is 2.25. The molecule has 0 aliphatic heterocycles. The van der Waals surface area contributed by atoms with Gasteiger partial charge in [-0.05, 0) is 18.7 Å². The molecule has 1 N–H and O–H groups in total. The Hall–Kier alpha value is -3.68. The molecule has 396 valence electrons. The molecule has 0 amide bonds. The summed E-state index contributed by atoms with van der Waals surface area (Å²) < 4.78 is 29.1. The molecule has 0 saturated heterocycles. The van der Waals surface area contributed by atoms with Gasteiger partial charge in [-0.25, -0.2) is 0 Å². The van der Waals surface area contributed by atoms with Crippen LogP contribution >= 0.6 is 7.60 Å². The van der Waals surface area contributed by atoms with Gasteiger partial charge in [-0.1, -0.05) is 142 Å². The van der Waals surface area contributed by atoms with Crippen LogP contribution in [0.25, 0.3) is 0 Å². The smallest absolute Gasteiger partial charge is 0.330 e. The molecule has 0 aliphatic rings. The fourth-order valence-corrected chi connectivity index (χ4v) is 8.17. The number of esters is 2. The van der Waals surface area contributed by atoms with Gasteiger partial charge in [0.15, 0.2) is 6.10 Å². The molecule has 0 aliphatic carbocycles. The van der Waals surface area contributed by atoms with E-state index in [1.54, 1.807) is 0 Å². The van der Waals surface area contributed by atoms with E-state index >= 15 is 0 Å². The molecule has 0 aromatic carbocycles. The summed E-state index contributed by atoms with van der Waals surface area (Å²) in [5.41, 5.74) is 0. The number of aliphatic imine (C=N–C) groups is 1. The van der Waals surface area contributed by atoms with Gasteiger partial charge in [-0.2, -0.15) is 0 Å². The molecular weight excluding hydrogens is 908 g/mol. The first-order valence-electron chi connectivity index (χ1n) is 24.9. The average molecular weight is 990 g/mol. The van der Waals surface area contributed by atoms with Gasteiger partial charge in [0, 0.05) is 78.3 Å². The van der Waals surface area contributed by atoms with E-state index in [0.29, 0.717) is 12.8 Å². The molecule has 0 radical (unpaired) electrons. The van der Waals surface area contributed by atoms with E-state index in [2.05, 4.69) is 18.8 Å². The van der Waals surface area contributed by atoms with Crippen LogP contribution in [0.3, 0.4) is 0 Å². The summed E-state index contributed by atoms with van der Waals surface area (Å²) >= 11 is 0. The molecule has 0 bridgehead atoms. The Kier molecular flexibility index (Phi) is 39.9. The van der Waals surface area contributed by atoms with Crippen LogP contribution in [-0.2, 0) is 47.3 Å². The maximum absolute atomic E-state index is 13.0. The molecule has 0 spiro atoms. The monoisotopic (exact) mass is 990 g/mol. The first-order chi connectivity index (χ1) is 32.5.